The van der Waals surface area contributed by atoms with Crippen LogP contribution in [0.1, 0.15) is 12.2 Å². The molecule has 1 aromatic heterocycles. The highest BCUT2D eigenvalue weighted by atomic mass is 127. The lowest BCUT2D eigenvalue weighted by atomic mass is 10.2. The molecular weight excluding hydrogens is 320 g/mol. The van der Waals surface area contributed by atoms with Gasteiger partial charge in [0.2, 0.25) is 16.3 Å². The van der Waals surface area contributed by atoms with Crippen molar-refractivity contribution >= 4 is 43.3 Å². The Kier molecular flexibility index (Phi) is 4.25. The second kappa shape index (κ2) is 5.48. The Hall–Kier alpha value is 0.162. The zero-order valence-electron chi connectivity index (χ0n) is 8.86. The van der Waals surface area contributed by atoms with Crippen LogP contribution >= 0.6 is 21.0 Å². The van der Waals surface area contributed by atoms with Crippen LogP contribution in [-0.2, 0) is 13.0 Å². The summed E-state index contributed by atoms with van der Waals surface area (Å²) in [5.41, 5.74) is 5.97. The zero-order chi connectivity index (χ0) is 10.7. The minimum atomic E-state index is -0.0360. The number of aromatic nitrogens is 3. The molecule has 1 aromatic rings. The first-order valence-electron chi connectivity index (χ1n) is 5.28. The van der Waals surface area contributed by atoms with E-state index in [1.165, 1.54) is 10.8 Å². The van der Waals surface area contributed by atoms with Gasteiger partial charge in [-0.2, -0.15) is 3.15 Å². The Morgan fingerprint density at radius 2 is 2.40 bits per heavy atom. The molecular formula is C8H15AlIN5. The van der Waals surface area contributed by atoms with E-state index >= 15 is 0 Å². The summed E-state index contributed by atoms with van der Waals surface area (Å²) in [7, 11) is 0. The van der Waals surface area contributed by atoms with E-state index in [-0.39, 0.29) is 27.1 Å². The average molecular weight is 335 g/mol. The fourth-order valence-electron chi connectivity index (χ4n) is 1.52. The Balaban J connectivity index is 2.19. The summed E-state index contributed by atoms with van der Waals surface area (Å²) >= 11 is 1.12. The second-order valence-corrected chi connectivity index (χ2v) is 6.75. The molecule has 82 valence electrons. The highest BCUT2D eigenvalue weighted by Gasteiger charge is 2.14. The number of rotatable bonds is 3. The van der Waals surface area contributed by atoms with Crippen LogP contribution in [0.2, 0.25) is 5.28 Å². The summed E-state index contributed by atoms with van der Waals surface area (Å²) in [5, 5.41) is 9.45. The first kappa shape index (κ1) is 11.6. The van der Waals surface area contributed by atoms with Crippen LogP contribution in [0, 0.1) is 0 Å². The van der Waals surface area contributed by atoms with Gasteiger partial charge in [-0.05, 0) is 33.5 Å². The fourth-order valence-corrected chi connectivity index (χ4v) is 3.39. The second-order valence-electron chi connectivity index (χ2n) is 3.69. The molecule has 5 nitrogen and oxygen atoms in total. The summed E-state index contributed by atoms with van der Waals surface area (Å²) in [6, 6.07) is 0.253. The van der Waals surface area contributed by atoms with Crippen molar-refractivity contribution in [3.8, 4) is 0 Å². The van der Waals surface area contributed by atoms with Crippen LogP contribution in [0.25, 0.3) is 0 Å². The summed E-state index contributed by atoms with van der Waals surface area (Å²) in [6.45, 7) is 1.02. The smallest absolute Gasteiger partial charge is 0.255 e. The van der Waals surface area contributed by atoms with Gasteiger partial charge in [-0.3, -0.25) is 4.57 Å². The molecule has 0 aromatic carbocycles. The molecule has 2 rings (SSSR count). The van der Waals surface area contributed by atoms with Gasteiger partial charge in [0.1, 0.15) is 5.82 Å². The van der Waals surface area contributed by atoms with Crippen LogP contribution < -0.4 is 5.73 Å². The Morgan fingerprint density at radius 1 is 1.53 bits per heavy atom. The van der Waals surface area contributed by atoms with Gasteiger partial charge in [0, 0.05) is 17.4 Å². The summed E-state index contributed by atoms with van der Waals surface area (Å²) < 4.78 is 7.92. The third-order valence-corrected chi connectivity index (χ3v) is 5.58. The van der Waals surface area contributed by atoms with E-state index in [2.05, 4.69) is 17.9 Å². The number of nitrogens with zero attached hydrogens (tertiary/aromatic N) is 4. The van der Waals surface area contributed by atoms with E-state index in [0.29, 0.717) is 0 Å². The highest BCUT2D eigenvalue weighted by Crippen LogP contribution is 2.22. The van der Waals surface area contributed by atoms with Crippen molar-refractivity contribution in [1.82, 2.24) is 14.8 Å². The monoisotopic (exact) mass is 335 g/mol. The predicted octanol–water partition coefficient (Wildman–Crippen LogP) is 0.389. The largest absolute Gasteiger partial charge is 0.328 e. The maximum absolute atomic E-state index is 5.97. The third-order valence-electron chi connectivity index (χ3n) is 2.51. The van der Waals surface area contributed by atoms with Gasteiger partial charge in [0.05, 0.1) is 0 Å². The lowest BCUT2D eigenvalue weighted by Gasteiger charge is -2.09. The van der Waals surface area contributed by atoms with Crippen LogP contribution in [0.5, 0.6) is 0 Å². The van der Waals surface area contributed by atoms with Crippen molar-refractivity contribution < 1.29 is 0 Å². The third kappa shape index (κ3) is 2.84. The van der Waals surface area contributed by atoms with Gasteiger partial charge in [0.15, 0.2) is 0 Å². The Morgan fingerprint density at radius 3 is 3.20 bits per heavy atom. The topological polar surface area (TPSA) is 69.1 Å². The molecule has 0 amide bonds. The molecule has 0 saturated carbocycles. The van der Waals surface area contributed by atoms with E-state index in [4.69, 9.17) is 5.73 Å². The summed E-state index contributed by atoms with van der Waals surface area (Å²) in [5.74, 6) is 1.87. The molecule has 0 bridgehead atoms. The highest BCUT2D eigenvalue weighted by molar-refractivity contribution is 14.2. The van der Waals surface area contributed by atoms with Gasteiger partial charge >= 0.3 is 0 Å². The number of nitrogens with two attached hydrogens (primary N) is 1. The van der Waals surface area contributed by atoms with E-state index in [1.54, 1.807) is 0 Å². The fraction of sp³-hybridized carbons (Fsp3) is 0.750. The Labute approximate surface area is 107 Å². The zero-order valence-corrected chi connectivity index (χ0v) is 13.0. The summed E-state index contributed by atoms with van der Waals surface area (Å²) in [4.78, 5) is 0. The van der Waals surface area contributed by atoms with Gasteiger partial charge in [-0.25, -0.2) is 0 Å². The quantitative estimate of drug-likeness (QED) is 0.494. The number of hydrogen-bond donors (Lipinski definition) is 1. The van der Waals surface area contributed by atoms with Crippen LogP contribution in [-0.4, -0.2) is 41.5 Å². The van der Waals surface area contributed by atoms with Crippen LogP contribution in [0.15, 0.2) is 3.15 Å². The molecule has 0 spiro atoms. The maximum Gasteiger partial charge on any atom is 0.255 e. The lowest BCUT2D eigenvalue weighted by molar-refractivity contribution is 0.613. The summed E-state index contributed by atoms with van der Waals surface area (Å²) in [6.07, 6.45) is 2.06. The molecule has 1 aliphatic heterocycles. The van der Waals surface area contributed by atoms with Crippen molar-refractivity contribution in [3.05, 3.63) is 5.82 Å². The standard InChI is InChI=1S/C8H13IN5.Al.2H/c1-6(10)5-7-12-13-8-11-9-3-2-4-14(7)8;;;/h6H,1-5,10H2;;;/t6-;;;/m1.../s1. The SMILES string of the molecule is N[C@H]([CH2][AlH2])Cc1nnc2n1CCCI=N2. The average Bonchev–Trinajstić information content (AvgIpc) is 2.50. The first-order valence-corrected chi connectivity index (χ1v) is 9.19. The van der Waals surface area contributed by atoms with E-state index in [0.717, 1.165) is 46.3 Å². The molecule has 15 heavy (non-hydrogen) atoms. The molecule has 0 radical (unpaired) electrons. The van der Waals surface area contributed by atoms with Crippen LogP contribution in [0.4, 0.5) is 5.95 Å². The van der Waals surface area contributed by atoms with Crippen molar-refractivity contribution in [1.29, 1.82) is 0 Å². The van der Waals surface area contributed by atoms with E-state index < -0.39 is 0 Å². The van der Waals surface area contributed by atoms with E-state index in [1.807, 2.05) is 0 Å². The van der Waals surface area contributed by atoms with Crippen molar-refractivity contribution in [2.45, 2.75) is 30.7 Å². The van der Waals surface area contributed by atoms with Gasteiger partial charge in [0.25, 0.3) is 5.95 Å². The molecule has 1 aliphatic rings. The predicted molar refractivity (Wildman–Crippen MR) is 70.6 cm³/mol. The molecule has 7 heteroatoms. The minimum Gasteiger partial charge on any atom is -0.328 e. The molecule has 0 unspecified atom stereocenters. The van der Waals surface area contributed by atoms with Crippen molar-refractivity contribution in [3.63, 3.8) is 0 Å². The molecule has 0 aliphatic carbocycles. The molecule has 2 heterocycles. The molecule has 0 fully saturated rings. The van der Waals surface area contributed by atoms with Crippen molar-refractivity contribution in [2.75, 3.05) is 4.43 Å². The van der Waals surface area contributed by atoms with Gasteiger partial charge < -0.3 is 5.73 Å². The number of hydrogen-bond acceptors (Lipinski definition) is 4. The molecule has 1 atom stereocenters. The normalized spacial score (nSPS) is 17.7. The maximum atomic E-state index is 5.97. The molecule has 2 N–H and O–H groups in total. The lowest BCUT2D eigenvalue weighted by Crippen LogP contribution is -2.24. The number of alkyl halides is 1. The first-order chi connectivity index (χ1) is 7.31. The number of halogens is 1. The van der Waals surface area contributed by atoms with Crippen molar-refractivity contribution in [2.24, 2.45) is 8.88 Å². The van der Waals surface area contributed by atoms with Gasteiger partial charge in [-0.1, -0.05) is 5.28 Å². The Bertz CT molecular complexity index is 364. The molecule has 0 saturated heterocycles. The minimum absolute atomic E-state index is 0.0360. The van der Waals surface area contributed by atoms with Crippen LogP contribution in [0.3, 0.4) is 0 Å². The number of fused-ring (bicyclic) bond motifs is 1. The van der Waals surface area contributed by atoms with E-state index in [9.17, 15) is 0 Å². The van der Waals surface area contributed by atoms with Gasteiger partial charge in [-0.15, -0.1) is 10.2 Å².